The van der Waals surface area contributed by atoms with Crippen molar-refractivity contribution in [1.82, 2.24) is 9.21 Å². The molecule has 6 nitrogen and oxygen atoms in total. The van der Waals surface area contributed by atoms with Crippen LogP contribution in [0.2, 0.25) is 0 Å². The van der Waals surface area contributed by atoms with Crippen molar-refractivity contribution in [3.05, 3.63) is 29.8 Å². The number of ether oxygens (including phenoxy) is 1. The highest BCUT2D eigenvalue weighted by Crippen LogP contribution is 2.26. The average Bonchev–Trinajstić information content (AvgIpc) is 2.67. The smallest absolute Gasteiger partial charge is 0.243 e. The summed E-state index contributed by atoms with van der Waals surface area (Å²) in [5, 5.41) is 0. The molecule has 26 heavy (non-hydrogen) atoms. The highest BCUT2D eigenvalue weighted by molar-refractivity contribution is 7.89. The van der Waals surface area contributed by atoms with E-state index >= 15 is 0 Å². The van der Waals surface area contributed by atoms with Crippen LogP contribution in [-0.4, -0.2) is 69.3 Å². The highest BCUT2D eigenvalue weighted by Gasteiger charge is 2.29. The van der Waals surface area contributed by atoms with Crippen molar-refractivity contribution in [2.45, 2.75) is 31.1 Å². The monoisotopic (exact) mass is 380 g/mol. The fourth-order valence-corrected chi connectivity index (χ4v) is 5.11. The zero-order valence-electron chi connectivity index (χ0n) is 15.4. The van der Waals surface area contributed by atoms with Gasteiger partial charge in [0, 0.05) is 31.7 Å². The summed E-state index contributed by atoms with van der Waals surface area (Å²) in [7, 11) is -3.47. The van der Waals surface area contributed by atoms with Gasteiger partial charge in [-0.05, 0) is 50.8 Å². The topological polar surface area (TPSA) is 66.9 Å². The molecule has 0 bridgehead atoms. The first-order valence-electron chi connectivity index (χ1n) is 9.38. The van der Waals surface area contributed by atoms with Crippen molar-refractivity contribution in [2.75, 3.05) is 45.9 Å². The summed E-state index contributed by atoms with van der Waals surface area (Å²) in [6.07, 6.45) is 2.95. The van der Waals surface area contributed by atoms with Crippen molar-refractivity contribution >= 4 is 15.8 Å². The predicted molar refractivity (Wildman–Crippen MR) is 99.8 cm³/mol. The van der Waals surface area contributed by atoms with Gasteiger partial charge in [0.25, 0.3) is 0 Å². The van der Waals surface area contributed by atoms with Gasteiger partial charge in [0.05, 0.1) is 18.1 Å². The Bertz CT molecular complexity index is 704. The van der Waals surface area contributed by atoms with Gasteiger partial charge in [0.15, 0.2) is 5.78 Å². The molecule has 7 heteroatoms. The molecule has 0 radical (unpaired) electrons. The van der Waals surface area contributed by atoms with Crippen LogP contribution in [0.1, 0.15) is 36.5 Å². The van der Waals surface area contributed by atoms with E-state index in [0.29, 0.717) is 24.6 Å². The Hall–Kier alpha value is -1.28. The predicted octanol–water partition coefficient (Wildman–Crippen LogP) is 2.01. The van der Waals surface area contributed by atoms with Gasteiger partial charge in [-0.15, -0.1) is 0 Å². The number of ketones is 1. The van der Waals surface area contributed by atoms with Gasteiger partial charge in [0.2, 0.25) is 10.0 Å². The van der Waals surface area contributed by atoms with Gasteiger partial charge in [-0.2, -0.15) is 4.31 Å². The maximum absolute atomic E-state index is 12.8. The van der Waals surface area contributed by atoms with E-state index in [0.717, 1.165) is 52.1 Å². The van der Waals surface area contributed by atoms with Crippen molar-refractivity contribution in [1.29, 1.82) is 0 Å². The molecule has 0 saturated carbocycles. The van der Waals surface area contributed by atoms with E-state index in [4.69, 9.17) is 4.74 Å². The normalized spacial score (nSPS) is 21.0. The first kappa shape index (κ1) is 19.5. The Kier molecular flexibility index (Phi) is 6.45. The maximum atomic E-state index is 12.8. The third-order valence-corrected chi connectivity index (χ3v) is 7.34. The van der Waals surface area contributed by atoms with Gasteiger partial charge in [-0.1, -0.05) is 12.1 Å². The lowest BCUT2D eigenvalue weighted by molar-refractivity contribution is 0.0343. The van der Waals surface area contributed by atoms with Crippen LogP contribution in [0.4, 0.5) is 0 Å². The van der Waals surface area contributed by atoms with Crippen molar-refractivity contribution < 1.29 is 17.9 Å². The second-order valence-electron chi connectivity index (χ2n) is 7.17. The minimum atomic E-state index is -3.47. The number of carbonyl (C=O) groups is 1. The second-order valence-corrected chi connectivity index (χ2v) is 9.11. The summed E-state index contributed by atoms with van der Waals surface area (Å²) < 4.78 is 32.6. The summed E-state index contributed by atoms with van der Waals surface area (Å²) in [6.45, 7) is 7.35. The molecule has 2 fully saturated rings. The molecule has 0 N–H and O–H groups in total. The van der Waals surface area contributed by atoms with E-state index in [1.807, 2.05) is 0 Å². The summed E-state index contributed by atoms with van der Waals surface area (Å²) in [6, 6.07) is 6.25. The largest absolute Gasteiger partial charge is 0.379 e. The molecule has 3 rings (SSSR count). The number of nitrogens with zero attached hydrogens (tertiary/aromatic N) is 2. The molecule has 2 aliphatic heterocycles. The van der Waals surface area contributed by atoms with Crippen LogP contribution >= 0.6 is 0 Å². The van der Waals surface area contributed by atoms with Crippen LogP contribution in [0.3, 0.4) is 0 Å². The molecule has 2 heterocycles. The van der Waals surface area contributed by atoms with Gasteiger partial charge in [0.1, 0.15) is 0 Å². The number of carbonyl (C=O) groups excluding carboxylic acids is 1. The van der Waals surface area contributed by atoms with Gasteiger partial charge in [-0.25, -0.2) is 8.42 Å². The van der Waals surface area contributed by atoms with Gasteiger partial charge in [-0.3, -0.25) is 9.69 Å². The lowest BCUT2D eigenvalue weighted by atomic mass is 9.94. The van der Waals surface area contributed by atoms with Crippen LogP contribution in [0, 0.1) is 5.92 Å². The summed E-state index contributed by atoms with van der Waals surface area (Å²) in [4.78, 5) is 14.1. The van der Waals surface area contributed by atoms with Crippen LogP contribution in [0.25, 0.3) is 0 Å². The molecule has 0 amide bonds. The molecule has 0 aromatic heterocycles. The Morgan fingerprint density at radius 2 is 1.69 bits per heavy atom. The second kappa shape index (κ2) is 8.61. The third kappa shape index (κ3) is 4.71. The molecular weight excluding hydrogens is 352 g/mol. The first-order chi connectivity index (χ1) is 12.5. The number of hydrogen-bond donors (Lipinski definition) is 0. The first-order valence-corrected chi connectivity index (χ1v) is 10.8. The number of Topliss-reactive ketones (excluding diaryl/α,β-unsaturated/α-hetero) is 1. The number of rotatable bonds is 6. The molecule has 0 atom stereocenters. The van der Waals surface area contributed by atoms with E-state index in [-0.39, 0.29) is 10.7 Å². The third-order valence-electron chi connectivity index (χ3n) is 5.43. The summed E-state index contributed by atoms with van der Waals surface area (Å²) >= 11 is 0. The standard InChI is InChI=1S/C19H28N2O4S/c1-16(22)18-2-4-19(5-3-18)26(23,24)21-10-7-17(8-11-21)6-9-20-12-14-25-15-13-20/h2-5,17H,6-15H2,1H3. The van der Waals surface area contributed by atoms with E-state index in [9.17, 15) is 13.2 Å². The zero-order valence-corrected chi connectivity index (χ0v) is 16.2. The van der Waals surface area contributed by atoms with E-state index < -0.39 is 10.0 Å². The van der Waals surface area contributed by atoms with Crippen molar-refractivity contribution in [3.8, 4) is 0 Å². The number of piperidine rings is 1. The van der Waals surface area contributed by atoms with Gasteiger partial charge >= 0.3 is 0 Å². The fraction of sp³-hybridized carbons (Fsp3) is 0.632. The highest BCUT2D eigenvalue weighted by atomic mass is 32.2. The molecule has 0 aliphatic carbocycles. The molecule has 2 aliphatic rings. The summed E-state index contributed by atoms with van der Waals surface area (Å²) in [5.41, 5.74) is 0.533. The Balaban J connectivity index is 1.52. The van der Waals surface area contributed by atoms with Crippen LogP contribution in [-0.2, 0) is 14.8 Å². The van der Waals surface area contributed by atoms with Crippen LogP contribution in [0.15, 0.2) is 29.2 Å². The number of hydrogen-bond acceptors (Lipinski definition) is 5. The Morgan fingerprint density at radius 1 is 1.08 bits per heavy atom. The molecule has 144 valence electrons. The number of morpholine rings is 1. The van der Waals surface area contributed by atoms with Crippen LogP contribution < -0.4 is 0 Å². The van der Waals surface area contributed by atoms with E-state index in [1.54, 1.807) is 16.4 Å². The molecule has 1 aromatic carbocycles. The summed E-state index contributed by atoms with van der Waals surface area (Å²) in [5.74, 6) is 0.527. The van der Waals surface area contributed by atoms with Crippen LogP contribution in [0.5, 0.6) is 0 Å². The van der Waals surface area contributed by atoms with E-state index in [1.165, 1.54) is 19.1 Å². The Labute approximate surface area is 156 Å². The maximum Gasteiger partial charge on any atom is 0.243 e. The SMILES string of the molecule is CC(=O)c1ccc(S(=O)(=O)N2CCC(CCN3CCOCC3)CC2)cc1. The molecule has 0 spiro atoms. The zero-order chi connectivity index (χ0) is 18.6. The number of sulfonamides is 1. The quantitative estimate of drug-likeness (QED) is 0.707. The molecular formula is C19H28N2O4S. The molecule has 0 unspecified atom stereocenters. The van der Waals surface area contributed by atoms with Crippen molar-refractivity contribution in [2.24, 2.45) is 5.92 Å². The minimum absolute atomic E-state index is 0.0602. The average molecular weight is 381 g/mol. The number of benzene rings is 1. The minimum Gasteiger partial charge on any atom is -0.379 e. The lowest BCUT2D eigenvalue weighted by Crippen LogP contribution is -2.40. The van der Waals surface area contributed by atoms with Crippen molar-refractivity contribution in [3.63, 3.8) is 0 Å². The van der Waals surface area contributed by atoms with E-state index in [2.05, 4.69) is 4.90 Å². The fourth-order valence-electron chi connectivity index (χ4n) is 3.64. The Morgan fingerprint density at radius 3 is 2.27 bits per heavy atom. The molecule has 1 aromatic rings. The molecule has 2 saturated heterocycles. The van der Waals surface area contributed by atoms with Gasteiger partial charge < -0.3 is 4.74 Å². The lowest BCUT2D eigenvalue weighted by Gasteiger charge is -2.33.